The first kappa shape index (κ1) is 93.4. The average molecular weight is 1730 g/mol. The highest BCUT2D eigenvalue weighted by Gasteiger charge is 2.27. The van der Waals surface area contributed by atoms with E-state index in [2.05, 4.69) is 80.3 Å². The molecular weight excluding hydrogens is 1610 g/mol. The minimum atomic E-state index is -0.651. The summed E-state index contributed by atoms with van der Waals surface area (Å²) in [6, 6.07) is 68.7. The van der Waals surface area contributed by atoms with Crippen molar-refractivity contribution in [2.45, 2.75) is 91.6 Å². The fourth-order valence-electron chi connectivity index (χ4n) is 14.9. The Bertz CT molecular complexity index is 5470. The van der Waals surface area contributed by atoms with Crippen LogP contribution in [0.1, 0.15) is 166 Å². The van der Waals surface area contributed by atoms with Gasteiger partial charge in [-0.25, -0.2) is 4.39 Å². The summed E-state index contributed by atoms with van der Waals surface area (Å²) in [6.45, 7) is 22.7. The number of para-hydroxylation sites is 10. The highest BCUT2D eigenvalue weighted by atomic mass is 35.5. The zero-order valence-electron chi connectivity index (χ0n) is 73.0. The number of likely N-dealkylation sites (tertiary alicyclic amines) is 3. The number of carbonyl (C=O) groups excluding carboxylic acids is 5. The van der Waals surface area contributed by atoms with E-state index in [1.54, 1.807) is 84.9 Å². The Labute approximate surface area is 750 Å². The van der Waals surface area contributed by atoms with Gasteiger partial charge in [0.2, 0.25) is 0 Å². The van der Waals surface area contributed by atoms with Crippen LogP contribution >= 0.6 is 11.6 Å². The van der Waals surface area contributed by atoms with Crippen LogP contribution in [-0.4, -0.2) is 140 Å². The monoisotopic (exact) mass is 1730 g/mol. The molecule has 6 fully saturated rings. The fourth-order valence-corrected chi connectivity index (χ4v) is 15.1. The summed E-state index contributed by atoms with van der Waals surface area (Å²) >= 11 is 6.24. The van der Waals surface area contributed by atoms with Gasteiger partial charge in [-0.05, 0) is 243 Å². The van der Waals surface area contributed by atoms with Crippen molar-refractivity contribution < 1.29 is 42.9 Å². The molecule has 10 aromatic rings. The van der Waals surface area contributed by atoms with E-state index in [1.165, 1.54) is 66.9 Å². The maximum atomic E-state index is 14.1. The molecule has 1 aliphatic carbocycles. The zero-order chi connectivity index (χ0) is 90.0. The molecule has 21 nitrogen and oxygen atoms in total. The van der Waals surface area contributed by atoms with Crippen molar-refractivity contribution in [1.82, 2.24) is 14.7 Å². The minimum absolute atomic E-state index is 0.0183. The van der Waals surface area contributed by atoms with Crippen LogP contribution < -0.4 is 55.3 Å². The molecule has 1 saturated carbocycles. The lowest BCUT2D eigenvalue weighted by molar-refractivity contribution is 0.0338. The van der Waals surface area contributed by atoms with Crippen molar-refractivity contribution in [3.63, 3.8) is 0 Å². The van der Waals surface area contributed by atoms with E-state index in [0.717, 1.165) is 105 Å². The summed E-state index contributed by atoms with van der Waals surface area (Å²) in [5, 5.41) is 24.5. The first-order chi connectivity index (χ1) is 61.0. The Morgan fingerprint density at radius 1 is 0.386 bits per heavy atom. The maximum Gasteiger partial charge on any atom is 0.258 e. The molecule has 127 heavy (non-hydrogen) atoms. The number of halogens is 2. The lowest BCUT2D eigenvalue weighted by Crippen LogP contribution is -2.41. The van der Waals surface area contributed by atoms with Crippen LogP contribution in [0.5, 0.6) is 0 Å². The topological polar surface area (TPSA) is 324 Å². The third kappa shape index (κ3) is 29.7. The smallest absolute Gasteiger partial charge is 0.258 e. The SMILES string of the molecule is CC(C)(C)CN1CCC(=Cc2ccc(C(=O)Nc3ccccc3N)cc2)CC1.CC(C)(O)CN1CCC(=Cc2ccc(C(=O)Nc3ccccc3N)cc2)CC1.Nc1ccccc1NC(=O)c1ccc(C=C2CCN(CC3CC3)CC2)cc1.Nc1ccccc1NC(=O)c1ccc(C=C2COC2)c(Cl)c1.Nc1ccccc1NC(=O)c1ccc(C=C2COC2)cc1F. The lowest BCUT2D eigenvalue weighted by atomic mass is 9.93. The molecule has 5 saturated heterocycles. The predicted molar refractivity (Wildman–Crippen MR) is 518 cm³/mol. The van der Waals surface area contributed by atoms with E-state index in [1.807, 2.05) is 159 Å². The second-order valence-corrected chi connectivity index (χ2v) is 35.1. The van der Waals surface area contributed by atoms with Crippen LogP contribution in [0.25, 0.3) is 30.4 Å². The van der Waals surface area contributed by atoms with E-state index in [0.29, 0.717) is 128 Å². The van der Waals surface area contributed by atoms with Crippen LogP contribution in [0, 0.1) is 17.2 Å². The van der Waals surface area contributed by atoms with Gasteiger partial charge in [0.15, 0.2) is 0 Å². The van der Waals surface area contributed by atoms with Crippen LogP contribution in [0.4, 0.5) is 61.3 Å². The number of amides is 5. The van der Waals surface area contributed by atoms with Gasteiger partial charge in [0.05, 0.1) is 94.5 Å². The molecule has 5 amide bonds. The highest BCUT2D eigenvalue weighted by molar-refractivity contribution is 6.32. The number of rotatable bonds is 20. The number of hydrogen-bond donors (Lipinski definition) is 11. The number of nitrogens with zero attached hydrogens (tertiary/aromatic N) is 3. The number of anilines is 10. The molecule has 10 aromatic carbocycles. The van der Waals surface area contributed by atoms with Crippen LogP contribution in [0.15, 0.2) is 258 Å². The number of ether oxygens (including phenoxy) is 2. The number of benzene rings is 10. The molecule has 0 unspecified atom stereocenters. The van der Waals surface area contributed by atoms with Crippen molar-refractivity contribution in [2.75, 3.05) is 141 Å². The second-order valence-electron chi connectivity index (χ2n) is 34.7. The van der Waals surface area contributed by atoms with E-state index < -0.39 is 17.3 Å². The molecule has 16 N–H and O–H groups in total. The molecule has 16 rings (SSSR count). The summed E-state index contributed by atoms with van der Waals surface area (Å²) in [7, 11) is 0. The van der Waals surface area contributed by atoms with Crippen molar-refractivity contribution in [3.05, 3.63) is 325 Å². The van der Waals surface area contributed by atoms with Gasteiger partial charge in [-0.2, -0.15) is 0 Å². The average Bonchev–Trinajstić information content (AvgIpc) is 1.27. The normalized spacial score (nSPS) is 15.1. The van der Waals surface area contributed by atoms with Crippen molar-refractivity contribution in [2.24, 2.45) is 11.3 Å². The van der Waals surface area contributed by atoms with Crippen LogP contribution in [-0.2, 0) is 9.47 Å². The summed E-state index contributed by atoms with van der Waals surface area (Å²) < 4.78 is 24.3. The molecule has 0 atom stereocenters. The van der Waals surface area contributed by atoms with Crippen LogP contribution in [0.3, 0.4) is 0 Å². The van der Waals surface area contributed by atoms with E-state index in [-0.39, 0.29) is 29.2 Å². The van der Waals surface area contributed by atoms with Gasteiger partial charge in [-0.3, -0.25) is 28.9 Å². The third-order valence-electron chi connectivity index (χ3n) is 22.1. The number of β-amino-alcohol motifs (C(OH)–C–C–N with tert-alkyl or cyclic N) is 1. The fraction of sp³-hybridized carbons (Fsp3) is 0.279. The maximum absolute atomic E-state index is 14.1. The molecule has 660 valence electrons. The van der Waals surface area contributed by atoms with Crippen molar-refractivity contribution >= 4 is 128 Å². The largest absolute Gasteiger partial charge is 0.397 e. The Kier molecular flexibility index (Phi) is 33.0. The summed E-state index contributed by atoms with van der Waals surface area (Å²) in [5.74, 6) is -0.820. The van der Waals surface area contributed by atoms with Gasteiger partial charge in [-0.15, -0.1) is 0 Å². The Balaban J connectivity index is 0.000000145. The molecule has 0 bridgehead atoms. The van der Waals surface area contributed by atoms with Gasteiger partial charge in [0, 0.05) is 86.2 Å². The molecular formula is C104H117ClFN13O8. The Hall–Kier alpha value is -12.8. The Morgan fingerprint density at radius 2 is 0.693 bits per heavy atom. The highest BCUT2D eigenvalue weighted by Crippen LogP contribution is 2.34. The zero-order valence-corrected chi connectivity index (χ0v) is 73.8. The molecule has 5 heterocycles. The standard InChI is InChI=1S/C24H31N3O.C23H29N3O2.C23H27N3O.C17H15ClN2O2.C17H15FN2O2/c1-24(2,3)17-27-14-12-19(13-15-27)16-18-8-10-20(11-9-18)23(28)26-22-7-5-4-6-21(22)25;1-23(2,28)16-26-13-11-18(12-14-26)15-17-7-9-19(10-8-17)22(27)25-21-6-4-3-5-20(21)24;24-21-3-1-2-4-22(21)25-23(27)20-9-7-17(8-10-20)15-18-11-13-26(14-12-18)16-19-5-6-19;18-14-8-13(6-5-12(14)7-11-9-22-10-11)17(21)20-16-4-2-1-3-15(16)19;18-14-8-11(7-12-9-22-10-12)5-6-13(14)17(21)20-16-4-2-1-3-15(16)19/h4-11,16H,12-15,17,25H2,1-3H3,(H,26,28);3-10,15,28H,11-14,16,24H2,1-2H3,(H,25,27);1-4,7-10,15,19H,5-6,11-14,16,24H2,(H,25,27);2*1-8H,9-10,19H2,(H,20,21). The number of nitrogens with one attached hydrogen (secondary N) is 5. The Morgan fingerprint density at radius 3 is 1.01 bits per heavy atom. The molecule has 6 aliphatic rings. The van der Waals surface area contributed by atoms with Gasteiger partial charge >= 0.3 is 0 Å². The second kappa shape index (κ2) is 44.9. The third-order valence-corrected chi connectivity index (χ3v) is 22.4. The van der Waals surface area contributed by atoms with Crippen molar-refractivity contribution in [3.8, 4) is 0 Å². The first-order valence-corrected chi connectivity index (χ1v) is 43.6. The number of nitrogens with two attached hydrogens (primary N) is 5. The van der Waals surface area contributed by atoms with E-state index in [9.17, 15) is 33.5 Å². The number of carbonyl (C=O) groups is 5. The molecule has 0 spiro atoms. The summed E-state index contributed by atoms with van der Waals surface area (Å²) in [6.07, 6.45) is 20.0. The van der Waals surface area contributed by atoms with Gasteiger partial charge in [0.1, 0.15) is 5.82 Å². The number of nitrogen functional groups attached to an aromatic ring is 5. The number of piperidine rings is 3. The van der Waals surface area contributed by atoms with Gasteiger partial charge in [-0.1, -0.05) is 183 Å². The van der Waals surface area contributed by atoms with E-state index >= 15 is 0 Å². The van der Waals surface area contributed by atoms with Crippen molar-refractivity contribution in [1.29, 1.82) is 0 Å². The molecule has 5 aliphatic heterocycles. The predicted octanol–water partition coefficient (Wildman–Crippen LogP) is 19.9. The molecule has 0 radical (unpaired) electrons. The van der Waals surface area contributed by atoms with E-state index in [4.69, 9.17) is 49.7 Å². The number of aliphatic hydroxyl groups is 1. The summed E-state index contributed by atoms with van der Waals surface area (Å²) in [5.41, 5.74) is 48.6. The molecule has 23 heteroatoms. The van der Waals surface area contributed by atoms with Crippen LogP contribution in [0.2, 0.25) is 5.02 Å². The van der Waals surface area contributed by atoms with Gasteiger partial charge in [0.25, 0.3) is 29.5 Å². The first-order valence-electron chi connectivity index (χ1n) is 43.2. The van der Waals surface area contributed by atoms with Gasteiger partial charge < -0.3 is 79.6 Å². The quantitative estimate of drug-likeness (QED) is 0.0316. The lowest BCUT2D eigenvalue weighted by Gasteiger charge is -2.33. The summed E-state index contributed by atoms with van der Waals surface area (Å²) in [4.78, 5) is 69.1. The number of hydrogen-bond acceptors (Lipinski definition) is 16. The minimum Gasteiger partial charge on any atom is -0.397 e. The molecule has 0 aromatic heterocycles.